The van der Waals surface area contributed by atoms with E-state index in [9.17, 15) is 0 Å². The molecule has 1 aromatic rings. The summed E-state index contributed by atoms with van der Waals surface area (Å²) in [5.41, 5.74) is 6.24. The number of halogens is 2. The van der Waals surface area contributed by atoms with Gasteiger partial charge in [0.05, 0.1) is 5.56 Å². The Morgan fingerprint density at radius 2 is 2.18 bits per heavy atom. The lowest BCUT2D eigenvalue weighted by molar-refractivity contribution is 1.32. The summed E-state index contributed by atoms with van der Waals surface area (Å²) in [6.45, 7) is 0. The predicted octanol–water partition coefficient (Wildman–Crippen LogP) is 1.97. The van der Waals surface area contributed by atoms with Crippen LogP contribution in [0.4, 0.5) is 5.69 Å². The highest BCUT2D eigenvalue weighted by Crippen LogP contribution is 2.21. The molecule has 0 aromatic carbocycles. The monoisotopic (exact) mass is 189 g/mol. The van der Waals surface area contributed by atoms with E-state index in [2.05, 4.69) is 4.98 Å². The van der Waals surface area contributed by atoms with Crippen molar-refractivity contribution in [1.82, 2.24) is 4.98 Å². The molecule has 3 nitrogen and oxygen atoms in total. The highest BCUT2D eigenvalue weighted by Gasteiger charge is 2.04. The zero-order valence-electron chi connectivity index (χ0n) is 5.44. The summed E-state index contributed by atoms with van der Waals surface area (Å²) in [4.78, 5) is 3.70. The second-order valence-electron chi connectivity index (χ2n) is 1.88. The van der Waals surface area contributed by atoms with E-state index in [-0.39, 0.29) is 10.3 Å². The molecule has 5 heteroatoms. The molecule has 1 rings (SSSR count). The van der Waals surface area contributed by atoms with Crippen molar-refractivity contribution < 1.29 is 0 Å². The maximum Gasteiger partial charge on any atom is 0.141 e. The van der Waals surface area contributed by atoms with E-state index in [1.807, 2.05) is 0 Å². The van der Waals surface area contributed by atoms with Gasteiger partial charge in [-0.25, -0.2) is 4.98 Å². The van der Waals surface area contributed by atoms with Crippen molar-refractivity contribution in [2.24, 2.45) is 0 Å². The summed E-state index contributed by atoms with van der Waals surface area (Å²) in [6.07, 6.45) is 1.04. The van der Waals surface area contributed by atoms with Crippen molar-refractivity contribution >= 4 is 35.1 Å². The van der Waals surface area contributed by atoms with Gasteiger partial charge in [0.25, 0.3) is 0 Å². The van der Waals surface area contributed by atoms with Gasteiger partial charge in [0.1, 0.15) is 10.3 Å². The molecule has 1 heterocycles. The molecule has 0 unspecified atom stereocenters. The van der Waals surface area contributed by atoms with Gasteiger partial charge in [-0.3, -0.25) is 0 Å². The molecule has 3 N–H and O–H groups in total. The fraction of sp³-hybridized carbons (Fsp3) is 0. The molecule has 0 radical (unpaired) electrons. The number of pyridine rings is 1. The van der Waals surface area contributed by atoms with Crippen LogP contribution in [0.5, 0.6) is 0 Å². The van der Waals surface area contributed by atoms with E-state index >= 15 is 0 Å². The highest BCUT2D eigenvalue weighted by atomic mass is 35.5. The average molecular weight is 190 g/mol. The van der Waals surface area contributed by atoms with Gasteiger partial charge in [0, 0.05) is 11.9 Å². The maximum absolute atomic E-state index is 6.92. The fourth-order valence-electron chi connectivity index (χ4n) is 0.654. The minimum atomic E-state index is 0.157. The molecule has 0 amide bonds. The van der Waals surface area contributed by atoms with E-state index in [1.54, 1.807) is 0 Å². The molecule has 1 aromatic heterocycles. The van der Waals surface area contributed by atoms with Crippen LogP contribution in [0.15, 0.2) is 6.07 Å². The quantitative estimate of drug-likeness (QED) is 0.525. The summed E-state index contributed by atoms with van der Waals surface area (Å²) in [7, 11) is 0. The third-order valence-electron chi connectivity index (χ3n) is 1.16. The molecule has 0 saturated carbocycles. The van der Waals surface area contributed by atoms with E-state index in [0.29, 0.717) is 11.3 Å². The first-order valence-electron chi connectivity index (χ1n) is 2.77. The van der Waals surface area contributed by atoms with Crippen molar-refractivity contribution in [3.05, 3.63) is 21.9 Å². The fourth-order valence-corrected chi connectivity index (χ4v) is 1.15. The predicted molar refractivity (Wildman–Crippen MR) is 46.6 cm³/mol. The molecule has 0 aliphatic carbocycles. The summed E-state index contributed by atoms with van der Waals surface area (Å²) in [6, 6.07) is 1.45. The Hall–Kier alpha value is -0.800. The summed E-state index contributed by atoms with van der Waals surface area (Å²) in [5, 5.41) is 7.32. The van der Waals surface area contributed by atoms with Gasteiger partial charge in [0.2, 0.25) is 0 Å². The zero-order chi connectivity index (χ0) is 8.43. The Bertz CT molecular complexity index is 275. The van der Waals surface area contributed by atoms with Crippen molar-refractivity contribution in [3.63, 3.8) is 0 Å². The van der Waals surface area contributed by atoms with Crippen LogP contribution in [0.2, 0.25) is 10.3 Å². The number of aromatic nitrogens is 1. The van der Waals surface area contributed by atoms with Crippen molar-refractivity contribution in [2.45, 2.75) is 0 Å². The number of hydrogen-bond donors (Lipinski definition) is 2. The molecule has 0 bridgehead atoms. The number of anilines is 1. The van der Waals surface area contributed by atoms with Crippen LogP contribution in [0.1, 0.15) is 5.56 Å². The van der Waals surface area contributed by atoms with Gasteiger partial charge >= 0.3 is 0 Å². The number of nitrogens with two attached hydrogens (primary N) is 1. The maximum atomic E-state index is 6.92. The molecule has 0 aliphatic rings. The van der Waals surface area contributed by atoms with Crippen LogP contribution >= 0.6 is 23.2 Å². The first-order valence-corrected chi connectivity index (χ1v) is 3.52. The van der Waals surface area contributed by atoms with E-state index in [1.165, 1.54) is 6.07 Å². The van der Waals surface area contributed by atoms with Crippen LogP contribution < -0.4 is 5.73 Å². The number of nitrogens with zero attached hydrogens (tertiary/aromatic N) is 1. The van der Waals surface area contributed by atoms with Crippen LogP contribution in [-0.2, 0) is 0 Å². The molecule has 58 valence electrons. The van der Waals surface area contributed by atoms with E-state index < -0.39 is 0 Å². The minimum Gasteiger partial charge on any atom is -0.398 e. The van der Waals surface area contributed by atoms with Crippen molar-refractivity contribution in [2.75, 3.05) is 5.73 Å². The number of rotatable bonds is 1. The molecule has 0 saturated heterocycles. The van der Waals surface area contributed by atoms with Gasteiger partial charge in [0.15, 0.2) is 0 Å². The highest BCUT2D eigenvalue weighted by molar-refractivity contribution is 6.34. The molecule has 0 aliphatic heterocycles. The molecular formula is C6H5Cl2N3. The van der Waals surface area contributed by atoms with Gasteiger partial charge in [-0.2, -0.15) is 0 Å². The lowest BCUT2D eigenvalue weighted by atomic mass is 10.2. The molecular weight excluding hydrogens is 185 g/mol. The second-order valence-corrected chi connectivity index (χ2v) is 2.63. The van der Waals surface area contributed by atoms with Gasteiger partial charge in [-0.1, -0.05) is 23.2 Å². The van der Waals surface area contributed by atoms with Crippen molar-refractivity contribution in [3.8, 4) is 0 Å². The molecule has 0 atom stereocenters. The Labute approximate surface area is 73.6 Å². The Balaban J connectivity index is 3.36. The normalized spacial score (nSPS) is 9.64. The number of nitrogens with one attached hydrogen (secondary N) is 1. The Morgan fingerprint density at radius 1 is 1.55 bits per heavy atom. The largest absolute Gasteiger partial charge is 0.398 e. The molecule has 0 spiro atoms. The summed E-state index contributed by atoms with van der Waals surface area (Å²) in [5.74, 6) is 0. The van der Waals surface area contributed by atoms with E-state index in [0.717, 1.165) is 6.21 Å². The number of hydrogen-bond acceptors (Lipinski definition) is 3. The molecule has 11 heavy (non-hydrogen) atoms. The average Bonchev–Trinajstić information content (AvgIpc) is 1.85. The van der Waals surface area contributed by atoms with Crippen molar-refractivity contribution in [1.29, 1.82) is 5.41 Å². The first kappa shape index (κ1) is 8.30. The smallest absolute Gasteiger partial charge is 0.141 e. The summed E-state index contributed by atoms with van der Waals surface area (Å²) >= 11 is 11.1. The van der Waals surface area contributed by atoms with Gasteiger partial charge in [-0.15, -0.1) is 0 Å². The standard InChI is InChI=1S/C6H5Cl2N3/c7-5-1-4(10)3(2-9)6(8)11-5/h1-2,9H,(H2,10,11). The lowest BCUT2D eigenvalue weighted by Gasteiger charge is -2.00. The SMILES string of the molecule is N=Cc1c(N)cc(Cl)nc1Cl. The third-order valence-corrected chi connectivity index (χ3v) is 1.64. The lowest BCUT2D eigenvalue weighted by Crippen LogP contribution is -1.95. The first-order chi connectivity index (χ1) is 5.15. The van der Waals surface area contributed by atoms with Crippen LogP contribution in [0, 0.1) is 5.41 Å². The summed E-state index contributed by atoms with van der Waals surface area (Å²) < 4.78 is 0. The van der Waals surface area contributed by atoms with Gasteiger partial charge in [-0.05, 0) is 6.07 Å². The zero-order valence-corrected chi connectivity index (χ0v) is 6.95. The second kappa shape index (κ2) is 3.07. The van der Waals surface area contributed by atoms with Crippen LogP contribution in [-0.4, -0.2) is 11.2 Å². The molecule has 0 fully saturated rings. The Kier molecular flexibility index (Phi) is 2.31. The van der Waals surface area contributed by atoms with Crippen LogP contribution in [0.25, 0.3) is 0 Å². The van der Waals surface area contributed by atoms with Crippen LogP contribution in [0.3, 0.4) is 0 Å². The Morgan fingerprint density at radius 3 is 2.64 bits per heavy atom. The minimum absolute atomic E-state index is 0.157. The topological polar surface area (TPSA) is 62.8 Å². The van der Waals surface area contributed by atoms with E-state index in [4.69, 9.17) is 34.3 Å². The van der Waals surface area contributed by atoms with Gasteiger partial charge < -0.3 is 11.1 Å². The third kappa shape index (κ3) is 1.61. The number of nitrogen functional groups attached to an aromatic ring is 1.